The molecule has 0 heterocycles. The van der Waals surface area contributed by atoms with Gasteiger partial charge < -0.3 is 5.32 Å². The molecule has 0 unspecified atom stereocenters. The van der Waals surface area contributed by atoms with Crippen LogP contribution in [0.5, 0.6) is 0 Å². The van der Waals surface area contributed by atoms with E-state index in [1.165, 1.54) is 57.1 Å². The van der Waals surface area contributed by atoms with E-state index in [4.69, 9.17) is 0 Å². The quantitative estimate of drug-likeness (QED) is 0.851. The van der Waals surface area contributed by atoms with Crippen LogP contribution in [0.1, 0.15) is 50.5 Å². The number of hydrogen-bond donors (Lipinski definition) is 1. The van der Waals surface area contributed by atoms with E-state index in [1.54, 1.807) is 0 Å². The first-order chi connectivity index (χ1) is 9.65. The first-order valence-corrected chi connectivity index (χ1v) is 7.84. The molecule has 0 spiro atoms. The molecule has 1 nitrogen and oxygen atoms in total. The third-order valence-corrected chi connectivity index (χ3v) is 4.76. The fourth-order valence-corrected chi connectivity index (χ4v) is 3.51. The van der Waals surface area contributed by atoms with Gasteiger partial charge in [0.15, 0.2) is 0 Å². The van der Waals surface area contributed by atoms with Gasteiger partial charge in [0.2, 0.25) is 0 Å². The van der Waals surface area contributed by atoms with Crippen LogP contribution in [0.15, 0.2) is 18.2 Å². The smallest absolute Gasteiger partial charge is 0.126 e. The van der Waals surface area contributed by atoms with Crippen LogP contribution in [-0.4, -0.2) is 12.6 Å². The highest BCUT2D eigenvalue weighted by atomic mass is 19.1. The van der Waals surface area contributed by atoms with Gasteiger partial charge in [-0.05, 0) is 55.2 Å². The molecule has 0 saturated heterocycles. The highest BCUT2D eigenvalue weighted by Gasteiger charge is 2.34. The predicted octanol–water partition coefficient (Wildman–Crippen LogP) is 4.21. The Morgan fingerprint density at radius 3 is 2.25 bits per heavy atom. The Labute approximate surface area is 119 Å². The van der Waals surface area contributed by atoms with E-state index < -0.39 is 11.6 Å². The maximum Gasteiger partial charge on any atom is 0.126 e. The van der Waals surface area contributed by atoms with Gasteiger partial charge in [-0.25, -0.2) is 8.78 Å². The molecule has 0 aromatic heterocycles. The molecule has 1 aromatic carbocycles. The van der Waals surface area contributed by atoms with E-state index >= 15 is 0 Å². The molecule has 1 N–H and O–H groups in total. The van der Waals surface area contributed by atoms with Crippen molar-refractivity contribution in [2.24, 2.45) is 5.41 Å². The lowest BCUT2D eigenvalue weighted by Crippen LogP contribution is -2.38. The molecule has 0 amide bonds. The summed E-state index contributed by atoms with van der Waals surface area (Å²) in [5, 5.41) is 3.63. The lowest BCUT2D eigenvalue weighted by molar-refractivity contribution is 0.180. The Morgan fingerprint density at radius 1 is 1.00 bits per heavy atom. The van der Waals surface area contributed by atoms with Crippen molar-refractivity contribution in [3.05, 3.63) is 35.4 Å². The summed E-state index contributed by atoms with van der Waals surface area (Å²) in [6.45, 7) is 0.996. The number of rotatable bonds is 5. The van der Waals surface area contributed by atoms with E-state index in [1.807, 2.05) is 0 Å². The Kier molecular flexibility index (Phi) is 4.06. The molecule has 110 valence electrons. The second-order valence-electron chi connectivity index (χ2n) is 6.67. The number of hydrogen-bond acceptors (Lipinski definition) is 1. The molecule has 1 aromatic rings. The zero-order valence-corrected chi connectivity index (χ0v) is 11.9. The number of benzene rings is 1. The van der Waals surface area contributed by atoms with Crippen LogP contribution in [0, 0.1) is 17.0 Å². The third kappa shape index (κ3) is 3.57. The number of halogens is 2. The zero-order valence-electron chi connectivity index (χ0n) is 11.9. The van der Waals surface area contributed by atoms with Crippen molar-refractivity contribution in [1.29, 1.82) is 0 Å². The summed E-state index contributed by atoms with van der Waals surface area (Å²) in [5.41, 5.74) is 1.00. The van der Waals surface area contributed by atoms with Gasteiger partial charge in [-0.3, -0.25) is 0 Å². The molecule has 3 rings (SSSR count). The van der Waals surface area contributed by atoms with Crippen molar-refractivity contribution in [3.63, 3.8) is 0 Å². The van der Waals surface area contributed by atoms with Crippen molar-refractivity contribution < 1.29 is 8.78 Å². The van der Waals surface area contributed by atoms with Gasteiger partial charge in [0.05, 0.1) is 0 Å². The highest BCUT2D eigenvalue weighted by molar-refractivity contribution is 5.20. The minimum atomic E-state index is -0.457. The first kappa shape index (κ1) is 14.0. The van der Waals surface area contributed by atoms with Gasteiger partial charge in [0.1, 0.15) is 11.6 Å². The molecule has 2 aliphatic carbocycles. The summed E-state index contributed by atoms with van der Waals surface area (Å²) in [6, 6.07) is 4.64. The van der Waals surface area contributed by atoms with Crippen molar-refractivity contribution in [2.45, 2.75) is 57.4 Å². The summed E-state index contributed by atoms with van der Waals surface area (Å²) < 4.78 is 26.8. The fourth-order valence-electron chi connectivity index (χ4n) is 3.51. The summed E-state index contributed by atoms with van der Waals surface area (Å²) >= 11 is 0. The molecule has 0 atom stereocenters. The second-order valence-corrected chi connectivity index (χ2v) is 6.67. The third-order valence-electron chi connectivity index (χ3n) is 4.76. The van der Waals surface area contributed by atoms with Gasteiger partial charge in [0, 0.05) is 18.7 Å². The molecule has 2 fully saturated rings. The summed E-state index contributed by atoms with van der Waals surface area (Å²) in [7, 11) is 0. The minimum absolute atomic E-state index is 0.196. The van der Waals surface area contributed by atoms with Crippen molar-refractivity contribution in [2.75, 3.05) is 6.54 Å². The highest BCUT2D eigenvalue weighted by Crippen LogP contribution is 2.39. The standard InChI is InChI=1S/C17H23F2N/c18-14-8-13(9-15(19)10-14)11-17(6-2-1-3-7-17)12-20-16-4-5-16/h8-10,16,20H,1-7,11-12H2. The van der Waals surface area contributed by atoms with E-state index in [2.05, 4.69) is 5.32 Å². The maximum atomic E-state index is 13.4. The van der Waals surface area contributed by atoms with E-state index in [9.17, 15) is 8.78 Å². The van der Waals surface area contributed by atoms with Crippen LogP contribution in [0.4, 0.5) is 8.78 Å². The molecule has 20 heavy (non-hydrogen) atoms. The summed E-state index contributed by atoms with van der Waals surface area (Å²) in [6.07, 6.45) is 9.48. The van der Waals surface area contributed by atoms with Gasteiger partial charge in [-0.2, -0.15) is 0 Å². The maximum absolute atomic E-state index is 13.4. The number of nitrogens with one attached hydrogen (secondary N) is 1. The predicted molar refractivity (Wildman–Crippen MR) is 76.6 cm³/mol. The molecule has 3 heteroatoms. The second kappa shape index (κ2) is 5.80. The molecular formula is C17H23F2N. The first-order valence-electron chi connectivity index (χ1n) is 7.84. The van der Waals surface area contributed by atoms with Crippen molar-refractivity contribution >= 4 is 0 Å². The topological polar surface area (TPSA) is 12.0 Å². The Morgan fingerprint density at radius 2 is 1.65 bits per heavy atom. The zero-order chi connectivity index (χ0) is 14.0. The molecule has 0 aliphatic heterocycles. The Bertz CT molecular complexity index is 442. The van der Waals surface area contributed by atoms with E-state index in [0.717, 1.165) is 24.6 Å². The van der Waals surface area contributed by atoms with E-state index in [0.29, 0.717) is 6.04 Å². The Balaban J connectivity index is 1.73. The fraction of sp³-hybridized carbons (Fsp3) is 0.647. The van der Waals surface area contributed by atoms with Gasteiger partial charge >= 0.3 is 0 Å². The monoisotopic (exact) mass is 279 g/mol. The normalized spacial score (nSPS) is 21.9. The van der Waals surface area contributed by atoms with Crippen LogP contribution < -0.4 is 5.32 Å². The van der Waals surface area contributed by atoms with Crippen LogP contribution in [-0.2, 0) is 6.42 Å². The average Bonchev–Trinajstić information content (AvgIpc) is 3.20. The van der Waals surface area contributed by atoms with E-state index in [-0.39, 0.29) is 5.41 Å². The molecule has 0 bridgehead atoms. The lowest BCUT2D eigenvalue weighted by atomic mass is 9.70. The summed E-state index contributed by atoms with van der Waals surface area (Å²) in [4.78, 5) is 0. The molecule has 2 aliphatic rings. The lowest BCUT2D eigenvalue weighted by Gasteiger charge is -2.38. The van der Waals surface area contributed by atoms with Crippen LogP contribution in [0.25, 0.3) is 0 Å². The van der Waals surface area contributed by atoms with Gasteiger partial charge in [-0.1, -0.05) is 19.3 Å². The van der Waals surface area contributed by atoms with Crippen molar-refractivity contribution in [1.82, 2.24) is 5.32 Å². The van der Waals surface area contributed by atoms with Crippen molar-refractivity contribution in [3.8, 4) is 0 Å². The SMILES string of the molecule is Fc1cc(F)cc(CC2(CNC3CC3)CCCCC2)c1. The van der Waals surface area contributed by atoms with Gasteiger partial charge in [0.25, 0.3) is 0 Å². The molecule has 0 radical (unpaired) electrons. The molecule has 2 saturated carbocycles. The Hall–Kier alpha value is -0.960. The van der Waals surface area contributed by atoms with Crippen LogP contribution in [0.2, 0.25) is 0 Å². The van der Waals surface area contributed by atoms with Gasteiger partial charge in [-0.15, -0.1) is 0 Å². The average molecular weight is 279 g/mol. The van der Waals surface area contributed by atoms with Crippen LogP contribution in [0.3, 0.4) is 0 Å². The summed E-state index contributed by atoms with van der Waals surface area (Å²) in [5.74, 6) is -0.915. The van der Waals surface area contributed by atoms with Crippen LogP contribution >= 0.6 is 0 Å². The minimum Gasteiger partial charge on any atom is -0.313 e. The molecular weight excluding hydrogens is 256 g/mol. The largest absolute Gasteiger partial charge is 0.313 e.